The van der Waals surface area contributed by atoms with Crippen molar-refractivity contribution >= 4 is 0 Å². The Morgan fingerprint density at radius 3 is 2.00 bits per heavy atom. The summed E-state index contributed by atoms with van der Waals surface area (Å²) in [5, 5.41) is 9.33. The van der Waals surface area contributed by atoms with Gasteiger partial charge in [0.05, 0.1) is 0 Å². The summed E-state index contributed by atoms with van der Waals surface area (Å²) in [5.74, 6) is 1.03. The molecule has 19 heavy (non-hydrogen) atoms. The van der Waals surface area contributed by atoms with Crippen LogP contribution in [0.4, 0.5) is 0 Å². The monoisotopic (exact) mass is 262 g/mol. The highest BCUT2D eigenvalue weighted by molar-refractivity contribution is 5.28. The van der Waals surface area contributed by atoms with Gasteiger partial charge in [-0.05, 0) is 36.5 Å². The lowest BCUT2D eigenvalue weighted by molar-refractivity contribution is 0.474. The van der Waals surface area contributed by atoms with Gasteiger partial charge in [0, 0.05) is 0 Å². The van der Waals surface area contributed by atoms with E-state index in [-0.39, 0.29) is 0 Å². The summed E-state index contributed by atoms with van der Waals surface area (Å²) < 4.78 is 0. The summed E-state index contributed by atoms with van der Waals surface area (Å²) in [5.41, 5.74) is 1.38. The predicted octanol–water partition coefficient (Wildman–Crippen LogP) is 6.03. The first-order chi connectivity index (χ1) is 9.27. The maximum absolute atomic E-state index is 9.33. The zero-order valence-electron chi connectivity index (χ0n) is 12.7. The normalized spacial score (nSPS) is 12.5. The van der Waals surface area contributed by atoms with Crippen LogP contribution in [-0.2, 0) is 0 Å². The van der Waals surface area contributed by atoms with Gasteiger partial charge in [-0.1, -0.05) is 70.9 Å². The quantitative estimate of drug-likeness (QED) is 0.511. The minimum Gasteiger partial charge on any atom is -0.508 e. The lowest BCUT2D eigenvalue weighted by Gasteiger charge is -2.15. The number of rotatable bonds is 10. The Bertz CT molecular complexity index is 315. The molecule has 1 N–H and O–H groups in total. The summed E-state index contributed by atoms with van der Waals surface area (Å²) in [7, 11) is 0. The van der Waals surface area contributed by atoms with Crippen LogP contribution < -0.4 is 0 Å². The number of phenolic OH excluding ortho intramolecular Hbond substituents is 1. The third kappa shape index (κ3) is 6.66. The molecule has 0 radical (unpaired) electrons. The van der Waals surface area contributed by atoms with Gasteiger partial charge in [0.25, 0.3) is 0 Å². The molecule has 1 aromatic carbocycles. The number of aromatic hydroxyl groups is 1. The van der Waals surface area contributed by atoms with E-state index < -0.39 is 0 Å². The minimum atomic E-state index is 0.370. The summed E-state index contributed by atoms with van der Waals surface area (Å²) in [6, 6.07) is 7.76. The average Bonchev–Trinajstić information content (AvgIpc) is 2.43. The Kier molecular flexibility index (Phi) is 8.36. The van der Waals surface area contributed by atoms with Crippen LogP contribution in [0.25, 0.3) is 0 Å². The van der Waals surface area contributed by atoms with Crippen LogP contribution in [0.5, 0.6) is 5.75 Å². The van der Waals surface area contributed by atoms with Crippen molar-refractivity contribution in [1.82, 2.24) is 0 Å². The molecule has 0 amide bonds. The predicted molar refractivity (Wildman–Crippen MR) is 83.7 cm³/mol. The third-order valence-electron chi connectivity index (χ3n) is 4.01. The largest absolute Gasteiger partial charge is 0.508 e. The first-order valence-electron chi connectivity index (χ1n) is 8.06. The molecule has 0 bridgehead atoms. The number of benzene rings is 1. The molecule has 0 saturated heterocycles. The Morgan fingerprint density at radius 1 is 0.842 bits per heavy atom. The van der Waals surface area contributed by atoms with Crippen LogP contribution in [-0.4, -0.2) is 5.11 Å². The summed E-state index contributed by atoms with van der Waals surface area (Å²) in [6.07, 6.45) is 12.1. The van der Waals surface area contributed by atoms with Gasteiger partial charge in [0.2, 0.25) is 0 Å². The van der Waals surface area contributed by atoms with Crippen molar-refractivity contribution in [3.05, 3.63) is 29.8 Å². The Labute approximate surface area is 119 Å². The van der Waals surface area contributed by atoms with Crippen LogP contribution in [0.15, 0.2) is 24.3 Å². The first kappa shape index (κ1) is 16.1. The van der Waals surface area contributed by atoms with E-state index in [4.69, 9.17) is 0 Å². The molecular formula is C18H30O. The number of hydrogen-bond donors (Lipinski definition) is 1. The molecule has 0 fully saturated rings. The van der Waals surface area contributed by atoms with Crippen LogP contribution in [0.3, 0.4) is 0 Å². The SMILES string of the molecule is CCCCCCCCCC(CC)c1ccc(O)cc1. The maximum atomic E-state index is 9.33. The van der Waals surface area contributed by atoms with Crippen LogP contribution in [0.1, 0.15) is 83.1 Å². The lowest BCUT2D eigenvalue weighted by Crippen LogP contribution is -1.97. The molecule has 1 nitrogen and oxygen atoms in total. The van der Waals surface area contributed by atoms with Gasteiger partial charge in [0.15, 0.2) is 0 Å². The van der Waals surface area contributed by atoms with E-state index in [2.05, 4.69) is 26.0 Å². The molecule has 0 aliphatic carbocycles. The highest BCUT2D eigenvalue weighted by atomic mass is 16.3. The highest BCUT2D eigenvalue weighted by Crippen LogP contribution is 2.27. The number of phenols is 1. The van der Waals surface area contributed by atoms with E-state index in [0.717, 1.165) is 0 Å². The lowest BCUT2D eigenvalue weighted by atomic mass is 9.91. The van der Waals surface area contributed by atoms with E-state index in [9.17, 15) is 5.11 Å². The first-order valence-corrected chi connectivity index (χ1v) is 8.06. The van der Waals surface area contributed by atoms with Crippen molar-refractivity contribution in [2.24, 2.45) is 0 Å². The number of hydrogen-bond acceptors (Lipinski definition) is 1. The summed E-state index contributed by atoms with van der Waals surface area (Å²) in [4.78, 5) is 0. The Hall–Kier alpha value is -0.980. The average molecular weight is 262 g/mol. The smallest absolute Gasteiger partial charge is 0.115 e. The van der Waals surface area contributed by atoms with E-state index in [0.29, 0.717) is 11.7 Å². The molecule has 1 rings (SSSR count). The molecule has 0 saturated carbocycles. The number of unbranched alkanes of at least 4 members (excludes halogenated alkanes) is 6. The van der Waals surface area contributed by atoms with Gasteiger partial charge in [-0.15, -0.1) is 0 Å². The molecule has 0 aliphatic heterocycles. The van der Waals surface area contributed by atoms with Gasteiger partial charge in [-0.25, -0.2) is 0 Å². The standard InChI is InChI=1S/C18H30O/c1-3-5-6-7-8-9-10-11-16(4-2)17-12-14-18(19)15-13-17/h12-16,19H,3-11H2,1-2H3. The second-order valence-electron chi connectivity index (χ2n) is 5.61. The molecule has 1 unspecified atom stereocenters. The highest BCUT2D eigenvalue weighted by Gasteiger charge is 2.08. The van der Waals surface area contributed by atoms with Crippen LogP contribution >= 0.6 is 0 Å². The van der Waals surface area contributed by atoms with Gasteiger partial charge in [-0.2, -0.15) is 0 Å². The molecule has 1 atom stereocenters. The van der Waals surface area contributed by atoms with E-state index in [1.165, 1.54) is 63.4 Å². The van der Waals surface area contributed by atoms with Gasteiger partial charge in [0.1, 0.15) is 5.75 Å². The Balaban J connectivity index is 2.20. The summed E-state index contributed by atoms with van der Waals surface area (Å²) in [6.45, 7) is 4.53. The molecular weight excluding hydrogens is 232 g/mol. The van der Waals surface area contributed by atoms with Crippen LogP contribution in [0.2, 0.25) is 0 Å². The fraction of sp³-hybridized carbons (Fsp3) is 0.667. The van der Waals surface area contributed by atoms with Gasteiger partial charge < -0.3 is 5.11 Å². The van der Waals surface area contributed by atoms with Crippen molar-refractivity contribution in [1.29, 1.82) is 0 Å². The fourth-order valence-electron chi connectivity index (χ4n) is 2.70. The van der Waals surface area contributed by atoms with Crippen LogP contribution in [0, 0.1) is 0 Å². The van der Waals surface area contributed by atoms with E-state index >= 15 is 0 Å². The second-order valence-corrected chi connectivity index (χ2v) is 5.61. The van der Waals surface area contributed by atoms with E-state index in [1.807, 2.05) is 12.1 Å². The molecule has 0 aromatic heterocycles. The van der Waals surface area contributed by atoms with Crippen molar-refractivity contribution in [3.63, 3.8) is 0 Å². The van der Waals surface area contributed by atoms with Gasteiger partial charge in [-0.3, -0.25) is 0 Å². The topological polar surface area (TPSA) is 20.2 Å². The molecule has 0 spiro atoms. The third-order valence-corrected chi connectivity index (χ3v) is 4.01. The summed E-state index contributed by atoms with van der Waals surface area (Å²) >= 11 is 0. The van der Waals surface area contributed by atoms with Crippen molar-refractivity contribution in [3.8, 4) is 5.75 Å². The van der Waals surface area contributed by atoms with E-state index in [1.54, 1.807) is 0 Å². The van der Waals surface area contributed by atoms with Crippen molar-refractivity contribution in [2.45, 2.75) is 77.6 Å². The minimum absolute atomic E-state index is 0.370. The van der Waals surface area contributed by atoms with Gasteiger partial charge >= 0.3 is 0 Å². The molecule has 0 aliphatic rings. The zero-order valence-corrected chi connectivity index (χ0v) is 12.7. The fourth-order valence-corrected chi connectivity index (χ4v) is 2.70. The molecule has 0 heterocycles. The molecule has 1 heteroatoms. The molecule has 1 aromatic rings. The van der Waals surface area contributed by atoms with Crippen molar-refractivity contribution in [2.75, 3.05) is 0 Å². The maximum Gasteiger partial charge on any atom is 0.115 e. The second kappa shape index (κ2) is 9.89. The Morgan fingerprint density at radius 2 is 1.42 bits per heavy atom. The zero-order chi connectivity index (χ0) is 13.9. The van der Waals surface area contributed by atoms with Crippen molar-refractivity contribution < 1.29 is 5.11 Å². The molecule has 108 valence electrons.